The third-order valence-electron chi connectivity index (χ3n) is 1.58. The highest BCUT2D eigenvalue weighted by atomic mass is 15.4. The van der Waals surface area contributed by atoms with Gasteiger partial charge in [0.1, 0.15) is 0 Å². The van der Waals surface area contributed by atoms with Gasteiger partial charge in [0, 0.05) is 12.4 Å². The third-order valence-corrected chi connectivity index (χ3v) is 1.58. The number of para-hydroxylation sites is 1. The van der Waals surface area contributed by atoms with Gasteiger partial charge in [0.15, 0.2) is 0 Å². The number of H-pyrrole nitrogens is 1. The summed E-state index contributed by atoms with van der Waals surface area (Å²) in [5, 5.41) is 7.57. The zero-order valence-electron chi connectivity index (χ0n) is 7.38. The molecule has 0 bridgehead atoms. The molecule has 2 aromatic rings. The molecule has 0 spiro atoms. The zero-order chi connectivity index (χ0) is 9.64. The zero-order valence-corrected chi connectivity index (χ0v) is 7.38. The molecular weight excluding hydrogens is 178 g/mol. The second-order valence-electron chi connectivity index (χ2n) is 2.59. The Kier molecular flexibility index (Phi) is 2.51. The minimum absolute atomic E-state index is 0.480. The van der Waals surface area contributed by atoms with Crippen LogP contribution in [0.15, 0.2) is 53.1 Å². The number of aromatic amines is 1. The summed E-state index contributed by atoms with van der Waals surface area (Å²) in [6.45, 7) is 0. The van der Waals surface area contributed by atoms with Crippen LogP contribution in [-0.4, -0.2) is 9.97 Å². The first-order valence-corrected chi connectivity index (χ1v) is 4.16. The maximum atomic E-state index is 3.89. The Bertz CT molecular complexity index is 392. The van der Waals surface area contributed by atoms with Gasteiger partial charge in [-0.1, -0.05) is 28.5 Å². The van der Waals surface area contributed by atoms with Crippen molar-refractivity contribution in [3.63, 3.8) is 0 Å². The summed E-state index contributed by atoms with van der Waals surface area (Å²) < 4.78 is 0. The summed E-state index contributed by atoms with van der Waals surface area (Å²) in [5.74, 6) is 0.480. The third kappa shape index (κ3) is 2.16. The fraction of sp³-hybridized carbons (Fsp3) is 0. The fourth-order valence-corrected chi connectivity index (χ4v) is 0.954. The first-order valence-electron chi connectivity index (χ1n) is 4.16. The Morgan fingerprint density at radius 2 is 2.07 bits per heavy atom. The van der Waals surface area contributed by atoms with Crippen LogP contribution in [0.5, 0.6) is 0 Å². The first-order chi connectivity index (χ1) is 6.95. The number of aromatic nitrogens is 2. The van der Waals surface area contributed by atoms with Crippen LogP contribution >= 0.6 is 0 Å². The van der Waals surface area contributed by atoms with Gasteiger partial charge in [-0.25, -0.2) is 4.98 Å². The monoisotopic (exact) mass is 187 g/mol. The molecule has 2 N–H and O–H groups in total. The van der Waals surface area contributed by atoms with Gasteiger partial charge in [0.25, 0.3) is 0 Å². The Hall–Kier alpha value is -2.17. The standard InChI is InChI=1S/C9H9N5/c1-2-4-8(5-3-1)12-14-13-9-10-6-7-11-9/h1-7H,(H2,10,11,12,13). The van der Waals surface area contributed by atoms with Crippen molar-refractivity contribution in [2.45, 2.75) is 0 Å². The summed E-state index contributed by atoms with van der Waals surface area (Å²) in [5.41, 5.74) is 3.67. The highest BCUT2D eigenvalue weighted by Gasteiger charge is 1.88. The van der Waals surface area contributed by atoms with Crippen molar-refractivity contribution in [1.29, 1.82) is 0 Å². The highest BCUT2D eigenvalue weighted by molar-refractivity contribution is 5.41. The van der Waals surface area contributed by atoms with Crippen LogP contribution in [0, 0.1) is 0 Å². The molecule has 0 amide bonds. The number of hydrogen-bond donors (Lipinski definition) is 2. The molecule has 14 heavy (non-hydrogen) atoms. The highest BCUT2D eigenvalue weighted by Crippen LogP contribution is 2.06. The number of rotatable bonds is 3. The van der Waals surface area contributed by atoms with Gasteiger partial charge in [-0.2, -0.15) is 0 Å². The van der Waals surface area contributed by atoms with E-state index in [-0.39, 0.29) is 0 Å². The molecule has 1 heterocycles. The van der Waals surface area contributed by atoms with E-state index in [9.17, 15) is 0 Å². The van der Waals surface area contributed by atoms with Crippen LogP contribution in [0.4, 0.5) is 11.6 Å². The molecular formula is C9H9N5. The van der Waals surface area contributed by atoms with Crippen molar-refractivity contribution >= 4 is 11.6 Å². The van der Waals surface area contributed by atoms with Gasteiger partial charge < -0.3 is 4.98 Å². The van der Waals surface area contributed by atoms with E-state index >= 15 is 0 Å². The largest absolute Gasteiger partial charge is 0.328 e. The molecule has 0 radical (unpaired) electrons. The van der Waals surface area contributed by atoms with E-state index in [4.69, 9.17) is 0 Å². The van der Waals surface area contributed by atoms with E-state index < -0.39 is 0 Å². The Morgan fingerprint density at radius 1 is 1.21 bits per heavy atom. The van der Waals surface area contributed by atoms with E-state index in [2.05, 4.69) is 25.7 Å². The van der Waals surface area contributed by atoms with E-state index in [0.29, 0.717) is 5.95 Å². The smallest absolute Gasteiger partial charge is 0.248 e. The van der Waals surface area contributed by atoms with Crippen molar-refractivity contribution in [2.75, 3.05) is 5.43 Å². The van der Waals surface area contributed by atoms with E-state index in [0.717, 1.165) is 5.69 Å². The molecule has 0 fully saturated rings. The van der Waals surface area contributed by atoms with Gasteiger partial charge >= 0.3 is 0 Å². The van der Waals surface area contributed by atoms with Crippen LogP contribution in [0.25, 0.3) is 0 Å². The Morgan fingerprint density at radius 3 is 2.79 bits per heavy atom. The molecule has 2 rings (SSSR count). The molecule has 0 saturated heterocycles. The lowest BCUT2D eigenvalue weighted by Gasteiger charge is -1.95. The predicted octanol–water partition coefficient (Wildman–Crippen LogP) is 2.52. The Labute approximate surface area is 80.9 Å². The summed E-state index contributed by atoms with van der Waals surface area (Å²) in [4.78, 5) is 6.70. The molecule has 0 unspecified atom stereocenters. The lowest BCUT2D eigenvalue weighted by atomic mass is 10.3. The molecule has 0 saturated carbocycles. The number of nitrogens with zero attached hydrogens (tertiary/aromatic N) is 3. The topological polar surface area (TPSA) is 65.4 Å². The van der Waals surface area contributed by atoms with Gasteiger partial charge in [-0.3, -0.25) is 5.43 Å². The van der Waals surface area contributed by atoms with Gasteiger partial charge in [-0.15, -0.1) is 0 Å². The molecule has 1 aromatic carbocycles. The summed E-state index contributed by atoms with van der Waals surface area (Å²) >= 11 is 0. The summed E-state index contributed by atoms with van der Waals surface area (Å²) in [6, 6.07) is 9.59. The minimum Gasteiger partial charge on any atom is -0.328 e. The second-order valence-corrected chi connectivity index (χ2v) is 2.59. The van der Waals surface area contributed by atoms with E-state index in [1.165, 1.54) is 0 Å². The van der Waals surface area contributed by atoms with Gasteiger partial charge in [0.05, 0.1) is 5.69 Å². The predicted molar refractivity (Wildman–Crippen MR) is 53.2 cm³/mol. The average Bonchev–Trinajstić information content (AvgIpc) is 2.72. The van der Waals surface area contributed by atoms with E-state index in [1.807, 2.05) is 30.3 Å². The lowest BCUT2D eigenvalue weighted by molar-refractivity contribution is 1.07. The minimum atomic E-state index is 0.480. The number of benzene rings is 1. The maximum absolute atomic E-state index is 3.89. The van der Waals surface area contributed by atoms with Crippen LogP contribution in [-0.2, 0) is 0 Å². The summed E-state index contributed by atoms with van der Waals surface area (Å²) in [7, 11) is 0. The van der Waals surface area contributed by atoms with Crippen LogP contribution in [0.2, 0.25) is 0 Å². The maximum Gasteiger partial charge on any atom is 0.248 e. The van der Waals surface area contributed by atoms with Crippen LogP contribution < -0.4 is 5.43 Å². The number of imidazole rings is 1. The summed E-state index contributed by atoms with van der Waals surface area (Å²) in [6.07, 6.45) is 3.31. The second kappa shape index (κ2) is 4.18. The SMILES string of the molecule is c1ccc(NN=Nc2ncc[nH]2)cc1. The van der Waals surface area contributed by atoms with Crippen molar-refractivity contribution in [3.05, 3.63) is 42.7 Å². The van der Waals surface area contributed by atoms with Crippen molar-refractivity contribution in [1.82, 2.24) is 9.97 Å². The quantitative estimate of drug-likeness (QED) is 0.572. The molecule has 0 atom stereocenters. The van der Waals surface area contributed by atoms with Crippen molar-refractivity contribution in [2.24, 2.45) is 10.3 Å². The Balaban J connectivity index is 1.95. The number of anilines is 1. The van der Waals surface area contributed by atoms with Crippen LogP contribution in [0.1, 0.15) is 0 Å². The number of hydrogen-bond acceptors (Lipinski definition) is 3. The molecule has 5 heteroatoms. The van der Waals surface area contributed by atoms with Crippen molar-refractivity contribution in [3.8, 4) is 0 Å². The normalized spacial score (nSPS) is 10.6. The first kappa shape index (κ1) is 8.43. The molecule has 0 aliphatic heterocycles. The van der Waals surface area contributed by atoms with E-state index in [1.54, 1.807) is 12.4 Å². The molecule has 0 aliphatic rings. The fourth-order valence-electron chi connectivity index (χ4n) is 0.954. The molecule has 0 aliphatic carbocycles. The molecule has 1 aromatic heterocycles. The number of nitrogens with one attached hydrogen (secondary N) is 2. The molecule has 70 valence electrons. The van der Waals surface area contributed by atoms with Gasteiger partial charge in [0.2, 0.25) is 5.95 Å². The average molecular weight is 187 g/mol. The van der Waals surface area contributed by atoms with Crippen LogP contribution in [0.3, 0.4) is 0 Å². The lowest BCUT2D eigenvalue weighted by Crippen LogP contribution is -1.84. The molecule has 5 nitrogen and oxygen atoms in total. The van der Waals surface area contributed by atoms with Crippen molar-refractivity contribution < 1.29 is 0 Å². The van der Waals surface area contributed by atoms with Gasteiger partial charge in [-0.05, 0) is 12.1 Å².